The van der Waals surface area contributed by atoms with Gasteiger partial charge in [-0.1, -0.05) is 45.1 Å². The van der Waals surface area contributed by atoms with Crippen LogP contribution in [0, 0.1) is 6.92 Å². The van der Waals surface area contributed by atoms with E-state index in [1.54, 1.807) is 7.11 Å². The molecule has 18 heavy (non-hydrogen) atoms. The lowest BCUT2D eigenvalue weighted by Gasteiger charge is -2.11. The number of nitrogens with one attached hydrogen (secondary N) is 1. The van der Waals surface area contributed by atoms with E-state index in [1.165, 1.54) is 49.8 Å². The second-order valence-electron chi connectivity index (χ2n) is 4.88. The van der Waals surface area contributed by atoms with Gasteiger partial charge in [0.25, 0.3) is 0 Å². The first-order chi connectivity index (χ1) is 8.77. The summed E-state index contributed by atoms with van der Waals surface area (Å²) in [6, 6.07) is 6.18. The largest absolute Gasteiger partial charge is 0.497 e. The topological polar surface area (TPSA) is 21.3 Å². The van der Waals surface area contributed by atoms with Crippen molar-refractivity contribution in [2.24, 2.45) is 0 Å². The standard InChI is InChI=1S/C16H27NO/c1-4-5-6-7-8-9-12-17-16-13-15(18-3)11-10-14(16)2/h10-11,13,17H,4-9,12H2,1-3H3. The van der Waals surface area contributed by atoms with Crippen LogP contribution in [0.2, 0.25) is 0 Å². The van der Waals surface area contributed by atoms with Crippen molar-refractivity contribution in [2.75, 3.05) is 19.0 Å². The Kier molecular flexibility index (Phi) is 7.31. The highest BCUT2D eigenvalue weighted by Gasteiger charge is 1.99. The molecule has 0 aliphatic rings. The van der Waals surface area contributed by atoms with E-state index < -0.39 is 0 Å². The molecule has 1 aromatic carbocycles. The number of benzene rings is 1. The number of ether oxygens (including phenoxy) is 1. The van der Waals surface area contributed by atoms with E-state index in [4.69, 9.17) is 4.74 Å². The monoisotopic (exact) mass is 249 g/mol. The molecule has 2 heteroatoms. The molecule has 0 bridgehead atoms. The van der Waals surface area contributed by atoms with Crippen molar-refractivity contribution in [1.29, 1.82) is 0 Å². The van der Waals surface area contributed by atoms with Crippen LogP contribution in [-0.2, 0) is 0 Å². The molecule has 1 rings (SSSR count). The van der Waals surface area contributed by atoms with Gasteiger partial charge in [0.1, 0.15) is 5.75 Å². The Morgan fingerprint density at radius 1 is 1.06 bits per heavy atom. The van der Waals surface area contributed by atoms with Crippen LogP contribution < -0.4 is 10.1 Å². The summed E-state index contributed by atoms with van der Waals surface area (Å²) in [4.78, 5) is 0. The number of hydrogen-bond acceptors (Lipinski definition) is 2. The van der Waals surface area contributed by atoms with Crippen molar-refractivity contribution in [3.05, 3.63) is 23.8 Å². The summed E-state index contributed by atoms with van der Waals surface area (Å²) in [6.45, 7) is 5.44. The first-order valence-electron chi connectivity index (χ1n) is 7.16. The molecule has 1 aromatic rings. The van der Waals surface area contributed by atoms with Crippen molar-refractivity contribution in [3.63, 3.8) is 0 Å². The van der Waals surface area contributed by atoms with E-state index in [1.807, 2.05) is 6.07 Å². The third-order valence-electron chi connectivity index (χ3n) is 3.29. The molecule has 0 radical (unpaired) electrons. The predicted molar refractivity (Wildman–Crippen MR) is 79.6 cm³/mol. The average Bonchev–Trinajstić information content (AvgIpc) is 2.39. The van der Waals surface area contributed by atoms with Gasteiger partial charge in [0.05, 0.1) is 7.11 Å². The van der Waals surface area contributed by atoms with E-state index >= 15 is 0 Å². The van der Waals surface area contributed by atoms with E-state index in [9.17, 15) is 0 Å². The summed E-state index contributed by atoms with van der Waals surface area (Å²) in [6.07, 6.45) is 8.03. The summed E-state index contributed by atoms with van der Waals surface area (Å²) in [7, 11) is 1.71. The van der Waals surface area contributed by atoms with E-state index in [0.717, 1.165) is 12.3 Å². The molecule has 0 heterocycles. The van der Waals surface area contributed by atoms with Gasteiger partial charge in [0.2, 0.25) is 0 Å². The molecular formula is C16H27NO. The molecule has 0 unspecified atom stereocenters. The third kappa shape index (κ3) is 5.44. The predicted octanol–water partition coefficient (Wildman–Crippen LogP) is 4.78. The first kappa shape index (κ1) is 14.9. The SMILES string of the molecule is CCCCCCCCNc1cc(OC)ccc1C. The molecule has 0 atom stereocenters. The summed E-state index contributed by atoms with van der Waals surface area (Å²) in [5, 5.41) is 3.50. The molecule has 0 aliphatic heterocycles. The maximum absolute atomic E-state index is 5.24. The van der Waals surface area contributed by atoms with E-state index in [-0.39, 0.29) is 0 Å². The Morgan fingerprint density at radius 3 is 2.50 bits per heavy atom. The van der Waals surface area contributed by atoms with E-state index in [0.29, 0.717) is 0 Å². The Hall–Kier alpha value is -1.18. The smallest absolute Gasteiger partial charge is 0.120 e. The van der Waals surface area contributed by atoms with Crippen LogP contribution >= 0.6 is 0 Å². The summed E-state index contributed by atoms with van der Waals surface area (Å²) in [5.41, 5.74) is 2.48. The first-order valence-corrected chi connectivity index (χ1v) is 7.16. The van der Waals surface area contributed by atoms with Gasteiger partial charge in [-0.15, -0.1) is 0 Å². The zero-order valence-corrected chi connectivity index (χ0v) is 12.1. The van der Waals surface area contributed by atoms with Gasteiger partial charge < -0.3 is 10.1 Å². The van der Waals surface area contributed by atoms with Gasteiger partial charge in [0.15, 0.2) is 0 Å². The number of anilines is 1. The third-order valence-corrected chi connectivity index (χ3v) is 3.29. The fourth-order valence-corrected chi connectivity index (χ4v) is 2.05. The second-order valence-corrected chi connectivity index (χ2v) is 4.88. The molecule has 0 spiro atoms. The Morgan fingerprint density at radius 2 is 1.78 bits per heavy atom. The van der Waals surface area contributed by atoms with Crippen LogP contribution in [0.1, 0.15) is 51.0 Å². The maximum Gasteiger partial charge on any atom is 0.120 e. The maximum atomic E-state index is 5.24. The molecule has 2 nitrogen and oxygen atoms in total. The van der Waals surface area contributed by atoms with Crippen molar-refractivity contribution in [2.45, 2.75) is 52.4 Å². The number of rotatable bonds is 9. The highest BCUT2D eigenvalue weighted by atomic mass is 16.5. The van der Waals surface area contributed by atoms with Gasteiger partial charge in [-0.3, -0.25) is 0 Å². The van der Waals surface area contributed by atoms with Crippen molar-refractivity contribution < 1.29 is 4.74 Å². The normalized spacial score (nSPS) is 10.4. The Bertz CT molecular complexity index is 336. The van der Waals surface area contributed by atoms with Crippen molar-refractivity contribution in [1.82, 2.24) is 0 Å². The number of methoxy groups -OCH3 is 1. The van der Waals surface area contributed by atoms with Crippen LogP contribution in [0.3, 0.4) is 0 Å². The highest BCUT2D eigenvalue weighted by Crippen LogP contribution is 2.21. The molecule has 0 saturated heterocycles. The minimum Gasteiger partial charge on any atom is -0.497 e. The second kappa shape index (κ2) is 8.84. The molecule has 0 aromatic heterocycles. The summed E-state index contributed by atoms with van der Waals surface area (Å²) in [5.74, 6) is 0.922. The molecule has 0 aliphatic carbocycles. The van der Waals surface area contributed by atoms with Gasteiger partial charge in [-0.2, -0.15) is 0 Å². The minimum atomic E-state index is 0.922. The average molecular weight is 249 g/mol. The summed E-state index contributed by atoms with van der Waals surface area (Å²) >= 11 is 0. The molecular weight excluding hydrogens is 222 g/mol. The lowest BCUT2D eigenvalue weighted by molar-refractivity contribution is 0.415. The van der Waals surface area contributed by atoms with Crippen LogP contribution in [-0.4, -0.2) is 13.7 Å². The molecule has 0 saturated carbocycles. The fourth-order valence-electron chi connectivity index (χ4n) is 2.05. The summed E-state index contributed by atoms with van der Waals surface area (Å²) < 4.78 is 5.24. The van der Waals surface area contributed by atoms with Gasteiger partial charge in [-0.25, -0.2) is 0 Å². The van der Waals surface area contributed by atoms with Gasteiger partial charge >= 0.3 is 0 Å². The van der Waals surface area contributed by atoms with Crippen LogP contribution in [0.15, 0.2) is 18.2 Å². The quantitative estimate of drug-likeness (QED) is 0.636. The fraction of sp³-hybridized carbons (Fsp3) is 0.625. The van der Waals surface area contributed by atoms with Crippen LogP contribution in [0.5, 0.6) is 5.75 Å². The zero-order valence-electron chi connectivity index (χ0n) is 12.1. The highest BCUT2D eigenvalue weighted by molar-refractivity contribution is 5.54. The van der Waals surface area contributed by atoms with Gasteiger partial charge in [-0.05, 0) is 25.0 Å². The van der Waals surface area contributed by atoms with Crippen molar-refractivity contribution in [3.8, 4) is 5.75 Å². The lowest BCUT2D eigenvalue weighted by Crippen LogP contribution is -2.03. The molecule has 1 N–H and O–H groups in total. The Balaban J connectivity index is 2.22. The number of aryl methyl sites for hydroxylation is 1. The van der Waals surface area contributed by atoms with Crippen LogP contribution in [0.25, 0.3) is 0 Å². The lowest BCUT2D eigenvalue weighted by atomic mass is 10.1. The zero-order chi connectivity index (χ0) is 13.2. The minimum absolute atomic E-state index is 0.922. The number of unbranched alkanes of at least 4 members (excludes halogenated alkanes) is 5. The Labute approximate surface area is 112 Å². The molecule has 0 fully saturated rings. The number of hydrogen-bond donors (Lipinski definition) is 1. The molecule has 0 amide bonds. The van der Waals surface area contributed by atoms with Crippen molar-refractivity contribution >= 4 is 5.69 Å². The molecule has 102 valence electrons. The van der Waals surface area contributed by atoms with Gasteiger partial charge in [0, 0.05) is 18.3 Å². The van der Waals surface area contributed by atoms with Crippen LogP contribution in [0.4, 0.5) is 5.69 Å². The van der Waals surface area contributed by atoms with E-state index in [2.05, 4.69) is 31.3 Å².